The van der Waals surface area contributed by atoms with Crippen LogP contribution in [0.2, 0.25) is 0 Å². The van der Waals surface area contributed by atoms with Gasteiger partial charge < -0.3 is 20.1 Å². The maximum atomic E-state index is 12.5. The number of carbonyl (C=O) groups excluding carboxylic acids is 2. The van der Waals surface area contributed by atoms with Crippen LogP contribution in [0.25, 0.3) is 0 Å². The highest BCUT2D eigenvalue weighted by Crippen LogP contribution is 2.39. The number of hydrogen-bond donors (Lipinski definition) is 2. The van der Waals surface area contributed by atoms with Crippen molar-refractivity contribution in [3.05, 3.63) is 99.0 Å². The van der Waals surface area contributed by atoms with Crippen molar-refractivity contribution in [2.24, 2.45) is 0 Å². The minimum absolute atomic E-state index is 0.0408. The number of nitrogens with one attached hydrogen (secondary N) is 2. The number of anilines is 1. The average molecular weight is 578 g/mol. The molecule has 3 aromatic rings. The molecule has 1 heterocycles. The van der Waals surface area contributed by atoms with Gasteiger partial charge in [0.2, 0.25) is 11.8 Å². The van der Waals surface area contributed by atoms with Gasteiger partial charge in [-0.3, -0.25) is 9.59 Å². The molecule has 1 unspecified atom stereocenters. The molecule has 0 bridgehead atoms. The highest BCUT2D eigenvalue weighted by Gasteiger charge is 2.30. The number of nitrogens with zero attached hydrogens (tertiary/aromatic N) is 1. The average Bonchev–Trinajstić information content (AvgIpc) is 2.92. The second-order valence-electron chi connectivity index (χ2n) is 8.19. The maximum absolute atomic E-state index is 12.5. The van der Waals surface area contributed by atoms with Crippen molar-refractivity contribution in [2.45, 2.75) is 18.9 Å². The van der Waals surface area contributed by atoms with E-state index in [9.17, 15) is 14.9 Å². The van der Waals surface area contributed by atoms with Crippen LogP contribution in [0.15, 0.2) is 87.9 Å². The van der Waals surface area contributed by atoms with Crippen LogP contribution in [0.1, 0.15) is 23.5 Å². The topological polar surface area (TPSA) is 100 Å². The summed E-state index contributed by atoms with van der Waals surface area (Å²) in [4.78, 5) is 25.0. The summed E-state index contributed by atoms with van der Waals surface area (Å²) in [7, 11) is 1.55. The number of allylic oxidation sites excluding steroid dienone is 1. The second-order valence-corrected chi connectivity index (χ2v) is 10.1. The van der Waals surface area contributed by atoms with E-state index >= 15 is 0 Å². The number of nitriles is 1. The SMILES string of the molecule is COc1cc(C2CC(=O)NC(SCC(=O)Nc3ccc(Br)cc3)=C2C#N)ccc1OCc1ccccc1. The molecule has 188 valence electrons. The number of halogens is 1. The fourth-order valence-electron chi connectivity index (χ4n) is 3.84. The molecule has 1 atom stereocenters. The van der Waals surface area contributed by atoms with Crippen LogP contribution in [0.5, 0.6) is 11.5 Å². The van der Waals surface area contributed by atoms with E-state index in [4.69, 9.17) is 9.47 Å². The van der Waals surface area contributed by atoms with E-state index in [0.717, 1.165) is 27.4 Å². The van der Waals surface area contributed by atoms with Crippen LogP contribution in [0.3, 0.4) is 0 Å². The molecular weight excluding hydrogens is 554 g/mol. The van der Waals surface area contributed by atoms with E-state index < -0.39 is 5.92 Å². The smallest absolute Gasteiger partial charge is 0.234 e. The molecule has 2 amide bonds. The standard InChI is InChI=1S/C28H24BrN3O4S/c1-35-25-13-19(7-12-24(25)36-16-18-5-3-2-4-6-18)22-14-26(33)32-28(23(22)15-30)37-17-27(34)31-21-10-8-20(29)9-11-21/h2-13,22H,14,16-17H2,1H3,(H,31,34)(H,32,33). The fourth-order valence-corrected chi connectivity index (χ4v) is 4.98. The van der Waals surface area contributed by atoms with Gasteiger partial charge in [-0.05, 0) is 47.5 Å². The van der Waals surface area contributed by atoms with E-state index in [1.54, 1.807) is 31.4 Å². The first-order valence-corrected chi connectivity index (χ1v) is 13.2. The lowest BCUT2D eigenvalue weighted by Crippen LogP contribution is -2.31. The zero-order valence-corrected chi connectivity index (χ0v) is 22.4. The molecule has 0 spiro atoms. The third-order valence-corrected chi connectivity index (χ3v) is 7.20. The van der Waals surface area contributed by atoms with Crippen LogP contribution in [-0.4, -0.2) is 24.7 Å². The number of carbonyl (C=O) groups is 2. The van der Waals surface area contributed by atoms with Crippen molar-refractivity contribution in [3.63, 3.8) is 0 Å². The molecule has 1 aliphatic rings. The Morgan fingerprint density at radius 2 is 1.89 bits per heavy atom. The summed E-state index contributed by atoms with van der Waals surface area (Å²) in [5, 5.41) is 15.9. The predicted octanol–water partition coefficient (Wildman–Crippen LogP) is 5.75. The molecule has 37 heavy (non-hydrogen) atoms. The Hall–Kier alpha value is -3.74. The van der Waals surface area contributed by atoms with Gasteiger partial charge in [-0.25, -0.2) is 0 Å². The molecule has 9 heteroatoms. The lowest BCUT2D eigenvalue weighted by molar-refractivity contribution is -0.121. The van der Waals surface area contributed by atoms with Crippen molar-refractivity contribution in [3.8, 4) is 17.6 Å². The van der Waals surface area contributed by atoms with Crippen LogP contribution in [0, 0.1) is 11.3 Å². The molecule has 0 saturated heterocycles. The van der Waals surface area contributed by atoms with Crippen molar-refractivity contribution < 1.29 is 19.1 Å². The Balaban J connectivity index is 1.49. The maximum Gasteiger partial charge on any atom is 0.234 e. The molecule has 3 aromatic carbocycles. The predicted molar refractivity (Wildman–Crippen MR) is 147 cm³/mol. The zero-order valence-electron chi connectivity index (χ0n) is 20.0. The Bertz CT molecular complexity index is 1350. The summed E-state index contributed by atoms with van der Waals surface area (Å²) in [6.45, 7) is 0.384. The van der Waals surface area contributed by atoms with Crippen molar-refractivity contribution in [1.82, 2.24) is 5.32 Å². The van der Waals surface area contributed by atoms with E-state index in [0.29, 0.717) is 34.4 Å². The first-order chi connectivity index (χ1) is 18.0. The quantitative estimate of drug-likeness (QED) is 0.336. The molecule has 0 aliphatic carbocycles. The molecule has 4 rings (SSSR count). The summed E-state index contributed by atoms with van der Waals surface area (Å²) < 4.78 is 12.4. The zero-order chi connectivity index (χ0) is 26.2. The van der Waals surface area contributed by atoms with Gasteiger partial charge >= 0.3 is 0 Å². The third-order valence-electron chi connectivity index (χ3n) is 5.66. The molecule has 1 aliphatic heterocycles. The summed E-state index contributed by atoms with van der Waals surface area (Å²) >= 11 is 4.49. The van der Waals surface area contributed by atoms with E-state index in [-0.39, 0.29) is 24.0 Å². The van der Waals surface area contributed by atoms with Crippen molar-refractivity contribution in [2.75, 3.05) is 18.2 Å². The van der Waals surface area contributed by atoms with Gasteiger partial charge in [0, 0.05) is 22.5 Å². The molecule has 0 radical (unpaired) electrons. The summed E-state index contributed by atoms with van der Waals surface area (Å²) in [5.74, 6) is 0.196. The lowest BCUT2D eigenvalue weighted by atomic mass is 9.87. The van der Waals surface area contributed by atoms with Crippen LogP contribution >= 0.6 is 27.7 Å². The van der Waals surface area contributed by atoms with Gasteiger partial charge in [0.05, 0.1) is 29.5 Å². The Morgan fingerprint density at radius 3 is 2.59 bits per heavy atom. The molecule has 0 aromatic heterocycles. The highest BCUT2D eigenvalue weighted by molar-refractivity contribution is 9.10. The summed E-state index contributed by atoms with van der Waals surface area (Å²) in [6, 6.07) is 24.7. The number of methoxy groups -OCH3 is 1. The van der Waals surface area contributed by atoms with Crippen LogP contribution in [0.4, 0.5) is 5.69 Å². The highest BCUT2D eigenvalue weighted by atomic mass is 79.9. The first-order valence-electron chi connectivity index (χ1n) is 11.4. The third kappa shape index (κ3) is 6.94. The van der Waals surface area contributed by atoms with E-state index in [2.05, 4.69) is 32.6 Å². The van der Waals surface area contributed by atoms with Crippen molar-refractivity contribution in [1.29, 1.82) is 5.26 Å². The summed E-state index contributed by atoms with van der Waals surface area (Å²) in [5.41, 5.74) is 2.85. The van der Waals surface area contributed by atoms with Crippen LogP contribution < -0.4 is 20.1 Å². The second kappa shape index (κ2) is 12.5. The molecule has 2 N–H and O–H groups in total. The van der Waals surface area contributed by atoms with Gasteiger partial charge in [-0.1, -0.05) is 64.1 Å². The normalized spacial score (nSPS) is 14.9. The Labute approximate surface area is 228 Å². The fraction of sp³-hybridized carbons (Fsp3) is 0.179. The van der Waals surface area contributed by atoms with Crippen molar-refractivity contribution >= 4 is 45.2 Å². The minimum Gasteiger partial charge on any atom is -0.493 e. The van der Waals surface area contributed by atoms with Gasteiger partial charge in [-0.15, -0.1) is 0 Å². The van der Waals surface area contributed by atoms with Gasteiger partial charge in [0.25, 0.3) is 0 Å². The van der Waals surface area contributed by atoms with E-state index in [1.807, 2.05) is 48.5 Å². The molecule has 0 fully saturated rings. The van der Waals surface area contributed by atoms with E-state index in [1.165, 1.54) is 0 Å². The number of amides is 2. The number of hydrogen-bond acceptors (Lipinski definition) is 6. The number of rotatable bonds is 9. The van der Waals surface area contributed by atoms with Crippen LogP contribution in [-0.2, 0) is 16.2 Å². The van der Waals surface area contributed by atoms with Gasteiger partial charge in [-0.2, -0.15) is 5.26 Å². The Kier molecular flexibility index (Phi) is 8.88. The molecule has 0 saturated carbocycles. The minimum atomic E-state index is -0.465. The lowest BCUT2D eigenvalue weighted by Gasteiger charge is -2.25. The number of benzene rings is 3. The monoisotopic (exact) mass is 577 g/mol. The summed E-state index contributed by atoms with van der Waals surface area (Å²) in [6.07, 6.45) is 0.116. The van der Waals surface area contributed by atoms with Gasteiger partial charge in [0.1, 0.15) is 6.61 Å². The first kappa shape index (κ1) is 26.3. The largest absolute Gasteiger partial charge is 0.493 e. The van der Waals surface area contributed by atoms with Gasteiger partial charge in [0.15, 0.2) is 11.5 Å². The molecular formula is C28H24BrN3O4S. The number of ether oxygens (including phenoxy) is 2. The molecule has 7 nitrogen and oxygen atoms in total. The number of thioether (sulfide) groups is 1. The Morgan fingerprint density at radius 1 is 1.14 bits per heavy atom.